The van der Waals surface area contributed by atoms with Crippen LogP contribution in [0.1, 0.15) is 32.3 Å². The van der Waals surface area contributed by atoms with Crippen LogP contribution in [0.4, 0.5) is 0 Å². The highest BCUT2D eigenvalue weighted by atomic mass is 16.3. The van der Waals surface area contributed by atoms with E-state index in [2.05, 4.69) is 24.1 Å². The second-order valence-corrected chi connectivity index (χ2v) is 5.32. The van der Waals surface area contributed by atoms with Gasteiger partial charge in [-0.15, -0.1) is 0 Å². The van der Waals surface area contributed by atoms with E-state index in [1.807, 2.05) is 0 Å². The predicted molar refractivity (Wildman–Crippen MR) is 76.3 cm³/mol. The molecule has 0 aromatic heterocycles. The number of benzene rings is 1. The molecular weight excluding hydrogens is 240 g/mol. The molecule has 0 spiro atoms. The zero-order chi connectivity index (χ0) is 13.8. The van der Waals surface area contributed by atoms with E-state index in [1.54, 1.807) is 12.1 Å². The molecule has 1 fully saturated rings. The van der Waals surface area contributed by atoms with E-state index >= 15 is 0 Å². The average molecular weight is 264 g/mol. The number of rotatable bonds is 4. The molecule has 1 aliphatic heterocycles. The summed E-state index contributed by atoms with van der Waals surface area (Å²) in [5, 5.41) is 22.8. The van der Waals surface area contributed by atoms with Crippen molar-refractivity contribution in [2.75, 3.05) is 13.1 Å². The summed E-state index contributed by atoms with van der Waals surface area (Å²) in [6, 6.07) is 5.89. The van der Waals surface area contributed by atoms with Crippen LogP contribution >= 0.6 is 0 Å². The van der Waals surface area contributed by atoms with Crippen molar-refractivity contribution in [2.45, 2.75) is 45.3 Å². The Bertz CT molecular complexity index is 423. The maximum absolute atomic E-state index is 9.90. The van der Waals surface area contributed by atoms with E-state index in [0.29, 0.717) is 12.1 Å². The fourth-order valence-electron chi connectivity index (χ4n) is 2.70. The third-order valence-corrected chi connectivity index (χ3v) is 4.02. The Balaban J connectivity index is 2.09. The summed E-state index contributed by atoms with van der Waals surface area (Å²) in [6.07, 6.45) is 2.22. The molecule has 0 radical (unpaired) electrons. The first-order valence-electron chi connectivity index (χ1n) is 7.12. The van der Waals surface area contributed by atoms with E-state index in [9.17, 15) is 10.2 Å². The van der Waals surface area contributed by atoms with Crippen LogP contribution in [0.5, 0.6) is 11.5 Å². The lowest BCUT2D eigenvalue weighted by Gasteiger charge is -2.40. The molecule has 0 aliphatic carbocycles. The zero-order valence-electron chi connectivity index (χ0n) is 11.8. The molecule has 106 valence electrons. The number of phenols is 2. The van der Waals surface area contributed by atoms with Crippen LogP contribution in [0, 0.1) is 0 Å². The number of aromatic hydroxyl groups is 2. The minimum absolute atomic E-state index is 0.111. The van der Waals surface area contributed by atoms with Gasteiger partial charge in [-0.3, -0.25) is 4.90 Å². The van der Waals surface area contributed by atoms with Crippen LogP contribution < -0.4 is 5.32 Å². The molecule has 4 nitrogen and oxygen atoms in total. The monoisotopic (exact) mass is 264 g/mol. The second kappa shape index (κ2) is 6.26. The molecular formula is C15H24N2O2. The molecule has 3 N–H and O–H groups in total. The molecule has 2 atom stereocenters. The molecule has 1 heterocycles. The lowest BCUT2D eigenvalue weighted by atomic mass is 10.0. The molecule has 1 saturated heterocycles. The van der Waals surface area contributed by atoms with Crippen LogP contribution in [0.2, 0.25) is 0 Å². The Hall–Kier alpha value is -1.26. The van der Waals surface area contributed by atoms with E-state index in [0.717, 1.165) is 38.0 Å². The Morgan fingerprint density at radius 1 is 1.26 bits per heavy atom. The van der Waals surface area contributed by atoms with E-state index in [-0.39, 0.29) is 11.5 Å². The zero-order valence-corrected chi connectivity index (χ0v) is 11.8. The third kappa shape index (κ3) is 3.39. The molecule has 19 heavy (non-hydrogen) atoms. The Morgan fingerprint density at radius 3 is 2.68 bits per heavy atom. The summed E-state index contributed by atoms with van der Waals surface area (Å²) >= 11 is 0. The molecule has 1 aromatic carbocycles. The maximum Gasteiger partial charge on any atom is 0.123 e. The minimum Gasteiger partial charge on any atom is -0.508 e. The fraction of sp³-hybridized carbons (Fsp3) is 0.600. The molecule has 1 aliphatic rings. The van der Waals surface area contributed by atoms with Crippen molar-refractivity contribution in [2.24, 2.45) is 0 Å². The first-order chi connectivity index (χ1) is 9.13. The first-order valence-corrected chi connectivity index (χ1v) is 7.12. The van der Waals surface area contributed by atoms with Crippen LogP contribution in [0.3, 0.4) is 0 Å². The molecule has 2 unspecified atom stereocenters. The van der Waals surface area contributed by atoms with Crippen LogP contribution in [-0.2, 0) is 6.54 Å². The Morgan fingerprint density at radius 2 is 2.05 bits per heavy atom. The van der Waals surface area contributed by atoms with Gasteiger partial charge in [0.25, 0.3) is 0 Å². The number of nitrogens with one attached hydrogen (secondary N) is 1. The molecule has 4 heteroatoms. The summed E-state index contributed by atoms with van der Waals surface area (Å²) < 4.78 is 0. The van der Waals surface area contributed by atoms with Gasteiger partial charge < -0.3 is 15.5 Å². The SMILES string of the molecule is CCC1CN(Cc2ccc(O)cc2O)C(CC)CN1. The number of phenolic OH excluding ortho intramolecular Hbond substituents is 2. The van der Waals surface area contributed by atoms with Crippen LogP contribution in [-0.4, -0.2) is 40.3 Å². The third-order valence-electron chi connectivity index (χ3n) is 4.02. The summed E-state index contributed by atoms with van der Waals surface area (Å²) in [5.74, 6) is 0.293. The van der Waals surface area contributed by atoms with Crippen molar-refractivity contribution in [3.05, 3.63) is 23.8 Å². The quantitative estimate of drug-likeness (QED) is 0.779. The fourth-order valence-corrected chi connectivity index (χ4v) is 2.70. The van der Waals surface area contributed by atoms with E-state index < -0.39 is 0 Å². The second-order valence-electron chi connectivity index (χ2n) is 5.32. The van der Waals surface area contributed by atoms with Gasteiger partial charge in [-0.2, -0.15) is 0 Å². The lowest BCUT2D eigenvalue weighted by Crippen LogP contribution is -2.55. The summed E-state index contributed by atoms with van der Waals surface area (Å²) in [6.45, 7) is 7.15. The topological polar surface area (TPSA) is 55.7 Å². The largest absolute Gasteiger partial charge is 0.508 e. The van der Waals surface area contributed by atoms with E-state index in [4.69, 9.17) is 0 Å². The Labute approximate surface area is 115 Å². The van der Waals surface area contributed by atoms with Crippen molar-refractivity contribution >= 4 is 0 Å². The highest BCUT2D eigenvalue weighted by Gasteiger charge is 2.26. The van der Waals surface area contributed by atoms with E-state index in [1.165, 1.54) is 6.07 Å². The first kappa shape index (κ1) is 14.2. The van der Waals surface area contributed by atoms with Crippen molar-refractivity contribution < 1.29 is 10.2 Å². The molecule has 1 aromatic rings. The maximum atomic E-state index is 9.90. The normalized spacial score (nSPS) is 24.5. The molecule has 2 rings (SSSR count). The van der Waals surface area contributed by atoms with Crippen molar-refractivity contribution in [1.82, 2.24) is 10.2 Å². The van der Waals surface area contributed by atoms with Gasteiger partial charge in [0.15, 0.2) is 0 Å². The van der Waals surface area contributed by atoms with Crippen molar-refractivity contribution in [3.8, 4) is 11.5 Å². The highest BCUT2D eigenvalue weighted by Crippen LogP contribution is 2.25. The number of nitrogens with zero attached hydrogens (tertiary/aromatic N) is 1. The predicted octanol–water partition coefficient (Wildman–Crippen LogP) is 2.06. The van der Waals surface area contributed by atoms with Gasteiger partial charge in [-0.05, 0) is 18.9 Å². The van der Waals surface area contributed by atoms with Gasteiger partial charge in [0.1, 0.15) is 11.5 Å². The molecule has 0 amide bonds. The smallest absolute Gasteiger partial charge is 0.123 e. The van der Waals surface area contributed by atoms with Gasteiger partial charge in [-0.25, -0.2) is 0 Å². The number of hydrogen-bond acceptors (Lipinski definition) is 4. The number of hydrogen-bond donors (Lipinski definition) is 3. The highest BCUT2D eigenvalue weighted by molar-refractivity contribution is 5.38. The average Bonchev–Trinajstić information content (AvgIpc) is 2.41. The molecule has 0 saturated carbocycles. The Kier molecular flexibility index (Phi) is 4.66. The van der Waals surface area contributed by atoms with Crippen molar-refractivity contribution in [1.29, 1.82) is 0 Å². The van der Waals surface area contributed by atoms with Gasteiger partial charge in [0.2, 0.25) is 0 Å². The minimum atomic E-state index is 0.111. The standard InChI is InChI=1S/C15H24N2O2/c1-3-12-10-17(13(4-2)8-16-12)9-11-5-6-14(18)7-15(11)19/h5-7,12-13,16,18-19H,3-4,8-10H2,1-2H3. The van der Waals surface area contributed by atoms with Gasteiger partial charge in [-0.1, -0.05) is 19.9 Å². The van der Waals surface area contributed by atoms with Crippen LogP contribution in [0.15, 0.2) is 18.2 Å². The van der Waals surface area contributed by atoms with Crippen LogP contribution in [0.25, 0.3) is 0 Å². The lowest BCUT2D eigenvalue weighted by molar-refractivity contribution is 0.116. The summed E-state index contributed by atoms with van der Waals surface area (Å²) in [7, 11) is 0. The summed E-state index contributed by atoms with van der Waals surface area (Å²) in [4.78, 5) is 2.43. The van der Waals surface area contributed by atoms with Gasteiger partial charge >= 0.3 is 0 Å². The number of piperazine rings is 1. The van der Waals surface area contributed by atoms with Gasteiger partial charge in [0.05, 0.1) is 0 Å². The molecule has 0 bridgehead atoms. The summed E-state index contributed by atoms with van der Waals surface area (Å²) in [5.41, 5.74) is 0.882. The van der Waals surface area contributed by atoms with Gasteiger partial charge in [0, 0.05) is 43.3 Å². The van der Waals surface area contributed by atoms with Crippen molar-refractivity contribution in [3.63, 3.8) is 0 Å².